The molecule has 0 saturated carbocycles. The maximum Gasteiger partial charge on any atom is 0.323 e. The lowest BCUT2D eigenvalue weighted by molar-refractivity contribution is 0.262. The van der Waals surface area contributed by atoms with Crippen LogP contribution in [-0.4, -0.2) is 32.3 Å². The molecule has 0 aliphatic rings. The van der Waals surface area contributed by atoms with Crippen LogP contribution in [0.25, 0.3) is 22.6 Å². The second-order valence-corrected chi connectivity index (χ2v) is 6.56. The standard InChI is InChI=1S/C23H21N3O5/c1-28-19-12-16(13-20(29-2)21(19)30-3)25-23(27)24-15-10-8-14(9-11-15)22-26-17-6-4-5-7-18(17)31-22/h4-13H,1-3H3,(H2,24,25,27). The fourth-order valence-electron chi connectivity index (χ4n) is 3.14. The summed E-state index contributed by atoms with van der Waals surface area (Å²) in [4.78, 5) is 16.9. The fourth-order valence-corrected chi connectivity index (χ4v) is 3.14. The number of hydrogen-bond acceptors (Lipinski definition) is 6. The summed E-state index contributed by atoms with van der Waals surface area (Å²) in [5.74, 6) is 1.86. The molecule has 0 bridgehead atoms. The average molecular weight is 419 g/mol. The van der Waals surface area contributed by atoms with E-state index < -0.39 is 6.03 Å². The number of oxazole rings is 1. The molecule has 2 amide bonds. The number of carbonyl (C=O) groups is 1. The Bertz CT molecular complexity index is 1160. The van der Waals surface area contributed by atoms with Gasteiger partial charge in [0.1, 0.15) is 5.52 Å². The zero-order valence-electron chi connectivity index (χ0n) is 17.3. The van der Waals surface area contributed by atoms with Crippen molar-refractivity contribution in [3.8, 4) is 28.7 Å². The lowest BCUT2D eigenvalue weighted by atomic mass is 10.2. The molecule has 4 rings (SSSR count). The number of ether oxygens (including phenoxy) is 3. The molecule has 0 atom stereocenters. The predicted octanol–water partition coefficient (Wildman–Crippen LogP) is 5.16. The highest BCUT2D eigenvalue weighted by Crippen LogP contribution is 2.40. The highest BCUT2D eigenvalue weighted by Gasteiger charge is 2.15. The molecule has 2 N–H and O–H groups in total. The Morgan fingerprint density at radius 1 is 0.839 bits per heavy atom. The number of benzene rings is 3. The van der Waals surface area contributed by atoms with Crippen LogP contribution in [0.2, 0.25) is 0 Å². The molecule has 8 heteroatoms. The predicted molar refractivity (Wildman–Crippen MR) is 118 cm³/mol. The number of anilines is 2. The van der Waals surface area contributed by atoms with Crippen LogP contribution in [0, 0.1) is 0 Å². The van der Waals surface area contributed by atoms with Crippen LogP contribution in [0.4, 0.5) is 16.2 Å². The normalized spacial score (nSPS) is 10.5. The molecule has 0 radical (unpaired) electrons. The topological polar surface area (TPSA) is 94.9 Å². The summed E-state index contributed by atoms with van der Waals surface area (Å²) < 4.78 is 21.7. The Morgan fingerprint density at radius 2 is 1.48 bits per heavy atom. The third kappa shape index (κ3) is 4.23. The van der Waals surface area contributed by atoms with Gasteiger partial charge in [0.25, 0.3) is 0 Å². The highest BCUT2D eigenvalue weighted by molar-refractivity contribution is 6.00. The molecule has 8 nitrogen and oxygen atoms in total. The van der Waals surface area contributed by atoms with Crippen LogP contribution < -0.4 is 24.8 Å². The first-order valence-electron chi connectivity index (χ1n) is 9.45. The van der Waals surface area contributed by atoms with E-state index in [9.17, 15) is 4.79 Å². The van der Waals surface area contributed by atoms with Gasteiger partial charge in [0.05, 0.1) is 27.0 Å². The van der Waals surface area contributed by atoms with Crippen molar-refractivity contribution in [2.75, 3.05) is 32.0 Å². The molecule has 0 fully saturated rings. The summed E-state index contributed by atoms with van der Waals surface area (Å²) >= 11 is 0. The van der Waals surface area contributed by atoms with E-state index in [0.29, 0.717) is 34.5 Å². The highest BCUT2D eigenvalue weighted by atomic mass is 16.5. The van der Waals surface area contributed by atoms with E-state index in [0.717, 1.165) is 16.7 Å². The maximum atomic E-state index is 12.4. The van der Waals surface area contributed by atoms with Gasteiger partial charge in [-0.05, 0) is 36.4 Å². The lowest BCUT2D eigenvalue weighted by Crippen LogP contribution is -2.19. The van der Waals surface area contributed by atoms with Crippen molar-refractivity contribution in [2.24, 2.45) is 0 Å². The molecule has 0 saturated heterocycles. The summed E-state index contributed by atoms with van der Waals surface area (Å²) in [6, 6.07) is 17.7. The van der Waals surface area contributed by atoms with Crippen LogP contribution in [0.3, 0.4) is 0 Å². The second-order valence-electron chi connectivity index (χ2n) is 6.56. The molecule has 0 aliphatic heterocycles. The molecular formula is C23H21N3O5. The number of urea groups is 1. The quantitative estimate of drug-likeness (QED) is 0.448. The minimum atomic E-state index is -0.413. The van der Waals surface area contributed by atoms with E-state index in [2.05, 4.69) is 15.6 Å². The molecule has 31 heavy (non-hydrogen) atoms. The van der Waals surface area contributed by atoms with Crippen LogP contribution in [0.5, 0.6) is 17.2 Å². The molecule has 158 valence electrons. The first kappa shape index (κ1) is 20.1. The van der Waals surface area contributed by atoms with E-state index in [1.165, 1.54) is 21.3 Å². The van der Waals surface area contributed by atoms with Crippen molar-refractivity contribution >= 4 is 28.5 Å². The molecule has 4 aromatic rings. The minimum absolute atomic E-state index is 0.413. The van der Waals surface area contributed by atoms with E-state index in [1.54, 1.807) is 24.3 Å². The third-order valence-corrected chi connectivity index (χ3v) is 4.61. The first-order chi connectivity index (χ1) is 15.1. The van der Waals surface area contributed by atoms with Gasteiger partial charge >= 0.3 is 6.03 Å². The van der Waals surface area contributed by atoms with E-state index in [1.807, 2.05) is 36.4 Å². The zero-order chi connectivity index (χ0) is 21.8. The van der Waals surface area contributed by atoms with Gasteiger partial charge in [-0.3, -0.25) is 0 Å². The van der Waals surface area contributed by atoms with Crippen molar-refractivity contribution in [3.63, 3.8) is 0 Å². The molecule has 1 heterocycles. The van der Waals surface area contributed by atoms with Gasteiger partial charge in [0.2, 0.25) is 11.6 Å². The van der Waals surface area contributed by atoms with Gasteiger partial charge < -0.3 is 29.3 Å². The SMILES string of the molecule is COc1cc(NC(=O)Nc2ccc(-c3nc4ccccc4o3)cc2)cc(OC)c1OC. The van der Waals surface area contributed by atoms with Crippen molar-refractivity contribution in [2.45, 2.75) is 0 Å². The number of para-hydroxylation sites is 2. The summed E-state index contributed by atoms with van der Waals surface area (Å²) in [5, 5.41) is 5.54. The largest absolute Gasteiger partial charge is 0.493 e. The van der Waals surface area contributed by atoms with Crippen LogP contribution >= 0.6 is 0 Å². The zero-order valence-corrected chi connectivity index (χ0v) is 17.3. The van der Waals surface area contributed by atoms with Gasteiger partial charge in [0.15, 0.2) is 17.1 Å². The Labute approximate surface area is 178 Å². The van der Waals surface area contributed by atoms with E-state index >= 15 is 0 Å². The van der Waals surface area contributed by atoms with Gasteiger partial charge in [-0.15, -0.1) is 0 Å². The third-order valence-electron chi connectivity index (χ3n) is 4.61. The smallest absolute Gasteiger partial charge is 0.323 e. The van der Waals surface area contributed by atoms with Crippen LogP contribution in [-0.2, 0) is 0 Å². The summed E-state index contributed by atoms with van der Waals surface area (Å²) in [7, 11) is 4.55. The van der Waals surface area contributed by atoms with E-state index in [-0.39, 0.29) is 0 Å². The molecule has 1 aromatic heterocycles. The Morgan fingerprint density at radius 3 is 2.10 bits per heavy atom. The maximum absolute atomic E-state index is 12.4. The summed E-state index contributed by atoms with van der Waals surface area (Å²) in [6.07, 6.45) is 0. The number of fused-ring (bicyclic) bond motifs is 1. The monoisotopic (exact) mass is 419 g/mol. The van der Waals surface area contributed by atoms with Crippen LogP contribution in [0.15, 0.2) is 65.1 Å². The molecule has 0 spiro atoms. The first-order valence-corrected chi connectivity index (χ1v) is 9.45. The number of methoxy groups -OCH3 is 3. The number of carbonyl (C=O) groups excluding carboxylic acids is 1. The lowest BCUT2D eigenvalue weighted by Gasteiger charge is -2.15. The van der Waals surface area contributed by atoms with Crippen molar-refractivity contribution in [3.05, 3.63) is 60.7 Å². The number of rotatable bonds is 6. The van der Waals surface area contributed by atoms with Crippen molar-refractivity contribution in [1.82, 2.24) is 4.98 Å². The Kier molecular flexibility index (Phi) is 5.61. The number of nitrogens with one attached hydrogen (secondary N) is 2. The number of aromatic nitrogens is 1. The van der Waals surface area contributed by atoms with Crippen molar-refractivity contribution < 1.29 is 23.4 Å². The number of hydrogen-bond donors (Lipinski definition) is 2. The van der Waals surface area contributed by atoms with Crippen molar-refractivity contribution in [1.29, 1.82) is 0 Å². The number of amides is 2. The minimum Gasteiger partial charge on any atom is -0.493 e. The fraction of sp³-hybridized carbons (Fsp3) is 0.130. The average Bonchev–Trinajstić information content (AvgIpc) is 3.23. The molecule has 0 unspecified atom stereocenters. The van der Waals surface area contributed by atoms with Gasteiger partial charge in [-0.25, -0.2) is 9.78 Å². The molecule has 3 aromatic carbocycles. The Balaban J connectivity index is 1.46. The molecular weight excluding hydrogens is 398 g/mol. The van der Waals surface area contributed by atoms with Gasteiger partial charge in [0, 0.05) is 23.4 Å². The summed E-state index contributed by atoms with van der Waals surface area (Å²) in [6.45, 7) is 0. The number of nitrogens with zero attached hydrogens (tertiary/aromatic N) is 1. The Hall–Kier alpha value is -4.20. The summed E-state index contributed by atoms with van der Waals surface area (Å²) in [5.41, 5.74) is 3.44. The second kappa shape index (κ2) is 8.66. The van der Waals surface area contributed by atoms with E-state index in [4.69, 9.17) is 18.6 Å². The van der Waals surface area contributed by atoms with Gasteiger partial charge in [-0.1, -0.05) is 12.1 Å². The van der Waals surface area contributed by atoms with Gasteiger partial charge in [-0.2, -0.15) is 0 Å². The van der Waals surface area contributed by atoms with Crippen LogP contribution in [0.1, 0.15) is 0 Å². The molecule has 0 aliphatic carbocycles.